The van der Waals surface area contributed by atoms with Crippen LogP contribution < -0.4 is 0 Å². The van der Waals surface area contributed by atoms with Crippen LogP contribution in [0.2, 0.25) is 0 Å². The van der Waals surface area contributed by atoms with Gasteiger partial charge in [0.25, 0.3) is 0 Å². The molecule has 0 N–H and O–H groups in total. The maximum Gasteiger partial charge on any atom is 0.158 e. The van der Waals surface area contributed by atoms with Crippen LogP contribution in [0.25, 0.3) is 0 Å². The molecular formula is C5H8NOP. The van der Waals surface area contributed by atoms with Gasteiger partial charge >= 0.3 is 0 Å². The second-order valence-electron chi connectivity index (χ2n) is 1.77. The standard InChI is InChI=1S/C5H8NOP/c7-5-1-3-6(8)4-2-5/h1,3H,2,4,8H2. The first-order valence-electron chi connectivity index (χ1n) is 2.51. The summed E-state index contributed by atoms with van der Waals surface area (Å²) in [5, 5.41) is 0. The lowest BCUT2D eigenvalue weighted by Crippen LogP contribution is -2.14. The average molecular weight is 129 g/mol. The first-order chi connectivity index (χ1) is 3.79. The van der Waals surface area contributed by atoms with E-state index in [9.17, 15) is 4.79 Å². The highest BCUT2D eigenvalue weighted by Gasteiger charge is 2.03. The number of allylic oxidation sites excluding steroid dienone is 1. The van der Waals surface area contributed by atoms with Crippen molar-refractivity contribution in [1.29, 1.82) is 0 Å². The summed E-state index contributed by atoms with van der Waals surface area (Å²) in [6.07, 6.45) is 4.02. The third-order valence-corrected chi connectivity index (χ3v) is 1.50. The van der Waals surface area contributed by atoms with E-state index in [0.717, 1.165) is 6.54 Å². The molecule has 0 amide bonds. The monoisotopic (exact) mass is 129 g/mol. The van der Waals surface area contributed by atoms with Gasteiger partial charge in [-0.2, -0.15) is 0 Å². The fourth-order valence-electron chi connectivity index (χ4n) is 0.576. The van der Waals surface area contributed by atoms with Gasteiger partial charge < -0.3 is 4.67 Å². The summed E-state index contributed by atoms with van der Waals surface area (Å²) in [6.45, 7) is 0.833. The van der Waals surface area contributed by atoms with E-state index in [1.807, 2.05) is 4.67 Å². The molecule has 0 saturated heterocycles. The van der Waals surface area contributed by atoms with Crippen molar-refractivity contribution in [1.82, 2.24) is 4.67 Å². The van der Waals surface area contributed by atoms with Gasteiger partial charge in [-0.25, -0.2) is 0 Å². The van der Waals surface area contributed by atoms with Crippen molar-refractivity contribution in [2.75, 3.05) is 6.54 Å². The molecule has 44 valence electrons. The first-order valence-corrected chi connectivity index (χ1v) is 3.03. The van der Waals surface area contributed by atoms with Gasteiger partial charge in [-0.3, -0.25) is 4.79 Å². The van der Waals surface area contributed by atoms with Gasteiger partial charge in [0, 0.05) is 19.2 Å². The SMILES string of the molecule is O=C1C=CN(P)CC1. The van der Waals surface area contributed by atoms with Gasteiger partial charge in [-0.05, 0) is 15.5 Å². The maximum absolute atomic E-state index is 10.5. The van der Waals surface area contributed by atoms with Crippen LogP contribution >= 0.6 is 9.39 Å². The number of carbonyl (C=O) groups is 1. The molecule has 0 aromatic heterocycles. The molecule has 0 radical (unpaired) electrons. The average Bonchev–Trinajstić information content (AvgIpc) is 1.77. The third-order valence-electron chi connectivity index (χ3n) is 1.07. The first kappa shape index (κ1) is 5.77. The molecule has 1 aliphatic heterocycles. The second-order valence-corrected chi connectivity index (χ2v) is 2.43. The number of hydrogen-bond acceptors (Lipinski definition) is 2. The molecule has 3 heteroatoms. The molecule has 0 bridgehead atoms. The van der Waals surface area contributed by atoms with Gasteiger partial charge in [-0.1, -0.05) is 0 Å². The molecule has 0 aromatic carbocycles. The summed E-state index contributed by atoms with van der Waals surface area (Å²) in [7, 11) is 2.52. The molecule has 8 heavy (non-hydrogen) atoms. The fraction of sp³-hybridized carbons (Fsp3) is 0.400. The van der Waals surface area contributed by atoms with Crippen molar-refractivity contribution in [3.05, 3.63) is 12.3 Å². The summed E-state index contributed by atoms with van der Waals surface area (Å²) in [5.41, 5.74) is 0. The Hall–Kier alpha value is -0.360. The van der Waals surface area contributed by atoms with E-state index >= 15 is 0 Å². The van der Waals surface area contributed by atoms with Crippen molar-refractivity contribution in [2.45, 2.75) is 6.42 Å². The smallest absolute Gasteiger partial charge is 0.158 e. The number of nitrogens with zero attached hydrogens (tertiary/aromatic N) is 1. The quantitative estimate of drug-likeness (QED) is 0.445. The van der Waals surface area contributed by atoms with E-state index in [4.69, 9.17) is 0 Å². The van der Waals surface area contributed by atoms with E-state index < -0.39 is 0 Å². The molecular weight excluding hydrogens is 121 g/mol. The van der Waals surface area contributed by atoms with Crippen LogP contribution in [0.3, 0.4) is 0 Å². The van der Waals surface area contributed by atoms with Gasteiger partial charge in [0.2, 0.25) is 0 Å². The van der Waals surface area contributed by atoms with Crippen molar-refractivity contribution in [3.8, 4) is 0 Å². The van der Waals surface area contributed by atoms with E-state index in [1.54, 1.807) is 12.3 Å². The zero-order chi connectivity index (χ0) is 5.98. The van der Waals surface area contributed by atoms with E-state index in [0.29, 0.717) is 6.42 Å². The van der Waals surface area contributed by atoms with Crippen LogP contribution in [-0.2, 0) is 4.79 Å². The minimum atomic E-state index is 0.226. The van der Waals surface area contributed by atoms with Crippen LogP contribution in [0, 0.1) is 0 Å². The zero-order valence-electron chi connectivity index (χ0n) is 4.50. The molecule has 1 aliphatic rings. The highest BCUT2D eigenvalue weighted by molar-refractivity contribution is 7.13. The summed E-state index contributed by atoms with van der Waals surface area (Å²) in [4.78, 5) is 10.5. The Bertz CT molecular complexity index is 132. The van der Waals surface area contributed by atoms with Crippen molar-refractivity contribution in [3.63, 3.8) is 0 Å². The molecule has 1 unspecified atom stereocenters. The van der Waals surface area contributed by atoms with E-state index in [-0.39, 0.29) is 5.78 Å². The normalized spacial score (nSPS) is 19.6. The Kier molecular flexibility index (Phi) is 1.64. The van der Waals surface area contributed by atoms with E-state index in [2.05, 4.69) is 9.39 Å². The molecule has 0 fully saturated rings. The van der Waals surface area contributed by atoms with Crippen LogP contribution in [0.5, 0.6) is 0 Å². The van der Waals surface area contributed by atoms with Crippen molar-refractivity contribution in [2.24, 2.45) is 0 Å². The molecule has 1 rings (SSSR count). The Labute approximate surface area is 50.8 Å². The summed E-state index contributed by atoms with van der Waals surface area (Å²) < 4.78 is 1.92. The summed E-state index contributed by atoms with van der Waals surface area (Å²) in [5.74, 6) is 0.226. The maximum atomic E-state index is 10.5. The number of ketones is 1. The minimum absolute atomic E-state index is 0.226. The lowest BCUT2D eigenvalue weighted by atomic mass is 10.2. The van der Waals surface area contributed by atoms with Crippen LogP contribution in [-0.4, -0.2) is 17.0 Å². The summed E-state index contributed by atoms with van der Waals surface area (Å²) >= 11 is 0. The number of carbonyl (C=O) groups excluding carboxylic acids is 1. The lowest BCUT2D eigenvalue weighted by Gasteiger charge is -2.15. The molecule has 2 nitrogen and oxygen atoms in total. The van der Waals surface area contributed by atoms with Gasteiger partial charge in [0.05, 0.1) is 0 Å². The fourth-order valence-corrected chi connectivity index (χ4v) is 0.791. The zero-order valence-corrected chi connectivity index (χ0v) is 5.66. The van der Waals surface area contributed by atoms with Crippen molar-refractivity contribution < 1.29 is 4.79 Å². The molecule has 0 spiro atoms. The largest absolute Gasteiger partial charge is 0.362 e. The third kappa shape index (κ3) is 1.31. The number of rotatable bonds is 0. The Morgan fingerprint density at radius 3 is 2.88 bits per heavy atom. The van der Waals surface area contributed by atoms with Crippen LogP contribution in [0.1, 0.15) is 6.42 Å². The predicted octanol–water partition coefficient (Wildman–Crippen LogP) is 0.565. The predicted molar refractivity (Wildman–Crippen MR) is 35.2 cm³/mol. The Morgan fingerprint density at radius 1 is 1.75 bits per heavy atom. The van der Waals surface area contributed by atoms with E-state index in [1.165, 1.54) is 0 Å². The minimum Gasteiger partial charge on any atom is -0.362 e. The topological polar surface area (TPSA) is 20.3 Å². The van der Waals surface area contributed by atoms with Gasteiger partial charge in [0.15, 0.2) is 5.78 Å². The molecule has 1 heterocycles. The Morgan fingerprint density at radius 2 is 2.50 bits per heavy atom. The van der Waals surface area contributed by atoms with Crippen LogP contribution in [0.4, 0.5) is 0 Å². The van der Waals surface area contributed by atoms with Crippen LogP contribution in [0.15, 0.2) is 12.3 Å². The molecule has 0 aromatic rings. The highest BCUT2D eigenvalue weighted by atomic mass is 31.0. The second kappa shape index (κ2) is 2.27. The number of hydrogen-bond donors (Lipinski definition) is 0. The van der Waals surface area contributed by atoms with Gasteiger partial charge in [-0.15, -0.1) is 0 Å². The Balaban J connectivity index is 2.55. The summed E-state index contributed by atoms with van der Waals surface area (Å²) in [6, 6.07) is 0. The van der Waals surface area contributed by atoms with Crippen molar-refractivity contribution >= 4 is 15.2 Å². The molecule has 1 atom stereocenters. The molecule has 0 aliphatic carbocycles. The molecule has 0 saturated carbocycles. The van der Waals surface area contributed by atoms with Gasteiger partial charge in [0.1, 0.15) is 0 Å². The lowest BCUT2D eigenvalue weighted by molar-refractivity contribution is -0.115. The highest BCUT2D eigenvalue weighted by Crippen LogP contribution is 2.06.